The van der Waals surface area contributed by atoms with E-state index in [9.17, 15) is 9.59 Å². The summed E-state index contributed by atoms with van der Waals surface area (Å²) in [4.78, 5) is 25.9. The first-order chi connectivity index (χ1) is 12.8. The van der Waals surface area contributed by atoms with Gasteiger partial charge in [0.2, 0.25) is 0 Å². The average molecular weight is 410 g/mol. The van der Waals surface area contributed by atoms with E-state index in [4.69, 9.17) is 21.7 Å². The minimum absolute atomic E-state index is 0.0333. The first-order valence-corrected chi connectivity index (χ1v) is 9.75. The molecular weight excluding hydrogens is 386 g/mol. The molecule has 0 saturated carbocycles. The lowest BCUT2D eigenvalue weighted by atomic mass is 10.1. The van der Waals surface area contributed by atoms with Crippen molar-refractivity contribution in [3.63, 3.8) is 0 Å². The van der Waals surface area contributed by atoms with Gasteiger partial charge in [-0.05, 0) is 44.0 Å². The fourth-order valence-electron chi connectivity index (χ4n) is 2.45. The molecule has 1 aliphatic heterocycles. The number of amides is 1. The third kappa shape index (κ3) is 5.71. The molecule has 0 aliphatic carbocycles. The summed E-state index contributed by atoms with van der Waals surface area (Å²) < 4.78 is 16.2. The second-order valence-electron chi connectivity index (χ2n) is 6.09. The van der Waals surface area contributed by atoms with Crippen molar-refractivity contribution in [3.8, 4) is 11.5 Å². The number of hydrogen-bond donors (Lipinski definition) is 0. The van der Waals surface area contributed by atoms with Gasteiger partial charge in [0.25, 0.3) is 5.91 Å². The molecule has 1 fully saturated rings. The maximum Gasteiger partial charge on any atom is 0.305 e. The summed E-state index contributed by atoms with van der Waals surface area (Å²) in [7, 11) is 2.92. The van der Waals surface area contributed by atoms with Crippen LogP contribution in [-0.2, 0) is 14.3 Å². The molecule has 146 valence electrons. The van der Waals surface area contributed by atoms with Crippen molar-refractivity contribution in [1.82, 2.24) is 4.90 Å². The Balaban J connectivity index is 2.11. The van der Waals surface area contributed by atoms with Crippen LogP contribution in [0.1, 0.15) is 32.3 Å². The molecule has 0 spiro atoms. The monoisotopic (exact) mass is 409 g/mol. The largest absolute Gasteiger partial charge is 0.493 e. The number of carbonyl (C=O) groups excluding carboxylic acids is 2. The average Bonchev–Trinajstić information content (AvgIpc) is 2.89. The molecule has 0 unspecified atom stereocenters. The Hall–Kier alpha value is -2.06. The molecule has 1 saturated heterocycles. The Bertz CT molecular complexity index is 760. The number of esters is 1. The molecule has 8 heteroatoms. The fraction of sp³-hybridized carbons (Fsp3) is 0.421. The predicted molar refractivity (Wildman–Crippen MR) is 110 cm³/mol. The molecule has 0 bridgehead atoms. The summed E-state index contributed by atoms with van der Waals surface area (Å²) in [5.41, 5.74) is 0.818. The lowest BCUT2D eigenvalue weighted by molar-refractivity contribution is -0.141. The Morgan fingerprint density at radius 2 is 2.04 bits per heavy atom. The SMILES string of the molecule is COC(=O)CCCN1C(=O)/C(=C/c2ccc(OC(C)C)c(OC)c2)SC1=S. The van der Waals surface area contributed by atoms with Gasteiger partial charge in [-0.2, -0.15) is 0 Å². The van der Waals surface area contributed by atoms with Crippen molar-refractivity contribution in [1.29, 1.82) is 0 Å². The van der Waals surface area contributed by atoms with Crippen LogP contribution in [0.2, 0.25) is 0 Å². The molecular formula is C19H23NO5S2. The van der Waals surface area contributed by atoms with E-state index >= 15 is 0 Å². The van der Waals surface area contributed by atoms with Crippen molar-refractivity contribution < 1.29 is 23.8 Å². The van der Waals surface area contributed by atoms with E-state index in [0.717, 1.165) is 5.56 Å². The number of rotatable bonds is 8. The second kappa shape index (κ2) is 9.75. The van der Waals surface area contributed by atoms with Crippen LogP contribution in [0, 0.1) is 0 Å². The lowest BCUT2D eigenvalue weighted by Crippen LogP contribution is -2.29. The number of hydrogen-bond acceptors (Lipinski definition) is 7. The predicted octanol–water partition coefficient (Wildman–Crippen LogP) is 3.64. The number of thioether (sulfide) groups is 1. The number of nitrogens with zero attached hydrogens (tertiary/aromatic N) is 1. The number of benzene rings is 1. The quantitative estimate of drug-likeness (QED) is 0.369. The first-order valence-electron chi connectivity index (χ1n) is 8.52. The maximum atomic E-state index is 12.6. The number of methoxy groups -OCH3 is 2. The Morgan fingerprint density at radius 3 is 2.67 bits per heavy atom. The van der Waals surface area contributed by atoms with Crippen LogP contribution in [-0.4, -0.2) is 48.0 Å². The Labute approximate surface area is 168 Å². The zero-order valence-electron chi connectivity index (χ0n) is 15.8. The topological polar surface area (TPSA) is 65.1 Å². The summed E-state index contributed by atoms with van der Waals surface area (Å²) >= 11 is 6.55. The zero-order chi connectivity index (χ0) is 20.0. The van der Waals surface area contributed by atoms with Crippen LogP contribution in [0.4, 0.5) is 0 Å². The van der Waals surface area contributed by atoms with Crippen LogP contribution < -0.4 is 9.47 Å². The highest BCUT2D eigenvalue weighted by Gasteiger charge is 2.31. The molecule has 1 heterocycles. The lowest BCUT2D eigenvalue weighted by Gasteiger charge is -2.14. The van der Waals surface area contributed by atoms with Crippen molar-refractivity contribution in [2.24, 2.45) is 0 Å². The van der Waals surface area contributed by atoms with Gasteiger partial charge in [-0.25, -0.2) is 0 Å². The molecule has 6 nitrogen and oxygen atoms in total. The minimum Gasteiger partial charge on any atom is -0.493 e. The highest BCUT2D eigenvalue weighted by Crippen LogP contribution is 2.35. The van der Waals surface area contributed by atoms with Gasteiger partial charge in [-0.3, -0.25) is 14.5 Å². The third-order valence-electron chi connectivity index (χ3n) is 3.71. The van der Waals surface area contributed by atoms with Crippen molar-refractivity contribution >= 4 is 46.3 Å². The first kappa shape index (κ1) is 21.2. The molecule has 0 N–H and O–H groups in total. The van der Waals surface area contributed by atoms with Crippen molar-refractivity contribution in [3.05, 3.63) is 28.7 Å². The molecule has 1 amide bonds. The molecule has 0 atom stereocenters. The maximum absolute atomic E-state index is 12.6. The van der Waals surface area contributed by atoms with E-state index in [1.807, 2.05) is 32.0 Å². The summed E-state index contributed by atoms with van der Waals surface area (Å²) in [6, 6.07) is 5.51. The number of thiocarbonyl (C=S) groups is 1. The molecule has 0 radical (unpaired) electrons. The van der Waals surface area contributed by atoms with Crippen LogP contribution in [0.5, 0.6) is 11.5 Å². The molecule has 1 aromatic rings. The minimum atomic E-state index is -0.299. The van der Waals surface area contributed by atoms with Crippen LogP contribution in [0.25, 0.3) is 6.08 Å². The zero-order valence-corrected chi connectivity index (χ0v) is 17.4. The fourth-order valence-corrected chi connectivity index (χ4v) is 3.76. The Morgan fingerprint density at radius 1 is 1.30 bits per heavy atom. The Kier molecular flexibility index (Phi) is 7.67. The van der Waals surface area contributed by atoms with Gasteiger partial charge >= 0.3 is 5.97 Å². The van der Waals surface area contributed by atoms with Crippen molar-refractivity contribution in [2.75, 3.05) is 20.8 Å². The number of ether oxygens (including phenoxy) is 3. The van der Waals surface area contributed by atoms with Gasteiger partial charge < -0.3 is 14.2 Å². The van der Waals surface area contributed by atoms with Crippen LogP contribution >= 0.6 is 24.0 Å². The van der Waals surface area contributed by atoms with Gasteiger partial charge in [0.1, 0.15) is 4.32 Å². The second-order valence-corrected chi connectivity index (χ2v) is 7.77. The van der Waals surface area contributed by atoms with E-state index in [1.54, 1.807) is 13.2 Å². The van der Waals surface area contributed by atoms with Crippen molar-refractivity contribution in [2.45, 2.75) is 32.8 Å². The van der Waals surface area contributed by atoms with E-state index in [2.05, 4.69) is 4.74 Å². The molecule has 27 heavy (non-hydrogen) atoms. The molecule has 1 aliphatic rings. The third-order valence-corrected chi connectivity index (χ3v) is 5.09. The van der Waals surface area contributed by atoms with Gasteiger partial charge in [0.05, 0.1) is 25.2 Å². The van der Waals surface area contributed by atoms with E-state index < -0.39 is 0 Å². The van der Waals surface area contributed by atoms with Gasteiger partial charge in [0, 0.05) is 13.0 Å². The summed E-state index contributed by atoms with van der Waals surface area (Å²) in [5, 5.41) is 0. The molecule has 0 aromatic heterocycles. The van der Waals surface area contributed by atoms with Crippen LogP contribution in [0.15, 0.2) is 23.1 Å². The number of carbonyl (C=O) groups is 2. The summed E-state index contributed by atoms with van der Waals surface area (Å²) in [6.07, 6.45) is 2.56. The van der Waals surface area contributed by atoms with Gasteiger partial charge in [0.15, 0.2) is 11.5 Å². The van der Waals surface area contributed by atoms with E-state index in [-0.39, 0.29) is 24.4 Å². The highest BCUT2D eigenvalue weighted by atomic mass is 32.2. The summed E-state index contributed by atoms with van der Waals surface area (Å²) in [5.74, 6) is 0.800. The molecule has 2 rings (SSSR count). The van der Waals surface area contributed by atoms with E-state index in [1.165, 1.54) is 23.8 Å². The standard InChI is InChI=1S/C19H23NO5S2/c1-12(2)25-14-8-7-13(10-15(14)23-3)11-16-18(22)20(19(26)27-16)9-5-6-17(21)24-4/h7-8,10-12H,5-6,9H2,1-4H3/b16-11-. The van der Waals surface area contributed by atoms with Crippen LogP contribution in [0.3, 0.4) is 0 Å². The summed E-state index contributed by atoms with van der Waals surface area (Å²) in [6.45, 7) is 4.28. The normalized spacial score (nSPS) is 15.6. The highest BCUT2D eigenvalue weighted by molar-refractivity contribution is 8.26. The van der Waals surface area contributed by atoms with Gasteiger partial charge in [-0.1, -0.05) is 30.0 Å². The smallest absolute Gasteiger partial charge is 0.305 e. The van der Waals surface area contributed by atoms with Gasteiger partial charge in [-0.15, -0.1) is 0 Å². The molecule has 1 aromatic carbocycles. The van der Waals surface area contributed by atoms with E-state index in [0.29, 0.717) is 33.7 Å².